The molecule has 4 aromatic rings. The third-order valence-corrected chi connectivity index (χ3v) is 5.36. The Balaban J connectivity index is 1.69. The normalized spacial score (nSPS) is 16.3. The number of benzene rings is 1. The summed E-state index contributed by atoms with van der Waals surface area (Å²) in [7, 11) is 1.93. The summed E-state index contributed by atoms with van der Waals surface area (Å²) in [4.78, 5) is 9.81. The molecular weight excluding hydrogens is 322 g/mol. The molecule has 0 bridgehead atoms. The van der Waals surface area contributed by atoms with E-state index in [0.29, 0.717) is 6.04 Å². The Morgan fingerprint density at radius 1 is 1.08 bits per heavy atom. The van der Waals surface area contributed by atoms with Crippen LogP contribution >= 0.6 is 0 Å². The lowest BCUT2D eigenvalue weighted by Gasteiger charge is -2.17. The van der Waals surface area contributed by atoms with Gasteiger partial charge in [-0.15, -0.1) is 0 Å². The van der Waals surface area contributed by atoms with Crippen LogP contribution in [0.15, 0.2) is 42.7 Å². The average molecular weight is 343 g/mol. The second-order valence-corrected chi connectivity index (χ2v) is 7.25. The molecule has 0 spiro atoms. The third-order valence-electron chi connectivity index (χ3n) is 5.36. The predicted molar refractivity (Wildman–Crippen MR) is 102 cm³/mol. The zero-order valence-corrected chi connectivity index (χ0v) is 15.3. The van der Waals surface area contributed by atoms with Crippen molar-refractivity contribution in [3.63, 3.8) is 0 Å². The van der Waals surface area contributed by atoms with Crippen molar-refractivity contribution >= 4 is 11.2 Å². The number of nitrogens with zero attached hydrogens (tertiary/aromatic N) is 5. The van der Waals surface area contributed by atoms with Crippen molar-refractivity contribution in [1.29, 1.82) is 0 Å². The molecule has 0 radical (unpaired) electrons. The van der Waals surface area contributed by atoms with Crippen molar-refractivity contribution in [2.24, 2.45) is 7.05 Å². The molecular formula is C21H21N5. The Morgan fingerprint density at radius 3 is 2.77 bits per heavy atom. The molecule has 0 saturated carbocycles. The Bertz CT molecular complexity index is 1130. The number of rotatable bonds is 2. The smallest absolute Gasteiger partial charge is 0.161 e. The van der Waals surface area contributed by atoms with Crippen molar-refractivity contribution in [3.05, 3.63) is 65.2 Å². The van der Waals surface area contributed by atoms with Crippen molar-refractivity contribution in [2.45, 2.75) is 32.7 Å². The highest BCUT2D eigenvalue weighted by molar-refractivity contribution is 5.76. The van der Waals surface area contributed by atoms with Gasteiger partial charge in [-0.1, -0.05) is 23.8 Å². The van der Waals surface area contributed by atoms with Crippen LogP contribution in [0.3, 0.4) is 0 Å². The van der Waals surface area contributed by atoms with Gasteiger partial charge >= 0.3 is 0 Å². The Morgan fingerprint density at radius 2 is 1.96 bits per heavy atom. The first-order valence-corrected chi connectivity index (χ1v) is 9.04. The summed E-state index contributed by atoms with van der Waals surface area (Å²) >= 11 is 0. The van der Waals surface area contributed by atoms with Gasteiger partial charge in [0.1, 0.15) is 11.3 Å². The number of aryl methyl sites for hydroxylation is 4. The van der Waals surface area contributed by atoms with Gasteiger partial charge < -0.3 is 4.57 Å². The van der Waals surface area contributed by atoms with E-state index in [9.17, 15) is 0 Å². The number of fused-ring (bicyclic) bond motifs is 3. The van der Waals surface area contributed by atoms with Gasteiger partial charge in [0.25, 0.3) is 0 Å². The van der Waals surface area contributed by atoms with Crippen LogP contribution in [0.4, 0.5) is 0 Å². The molecule has 0 saturated heterocycles. The maximum absolute atomic E-state index is 4.97. The van der Waals surface area contributed by atoms with Gasteiger partial charge in [-0.25, -0.2) is 9.97 Å². The SMILES string of the molecule is Cc1ccc(C)c([C@H]2CCc3nc4ccc(-c5cnn(C)c5)nc4n32)c1. The minimum absolute atomic E-state index is 0.312. The molecule has 1 aliphatic heterocycles. The van der Waals surface area contributed by atoms with Crippen LogP contribution in [0, 0.1) is 13.8 Å². The highest BCUT2D eigenvalue weighted by atomic mass is 15.2. The van der Waals surface area contributed by atoms with Gasteiger partial charge in [0.2, 0.25) is 0 Å². The molecule has 26 heavy (non-hydrogen) atoms. The molecule has 0 unspecified atom stereocenters. The molecule has 1 aliphatic rings. The summed E-state index contributed by atoms with van der Waals surface area (Å²) in [6.45, 7) is 4.35. The second kappa shape index (κ2) is 5.53. The first-order chi connectivity index (χ1) is 12.6. The van der Waals surface area contributed by atoms with Crippen molar-refractivity contribution in [1.82, 2.24) is 24.3 Å². The van der Waals surface area contributed by atoms with Crippen LogP contribution in [0.1, 0.15) is 35.0 Å². The number of pyridine rings is 1. The van der Waals surface area contributed by atoms with Gasteiger partial charge in [0.05, 0.1) is 17.9 Å². The molecule has 3 aromatic heterocycles. The Labute approximate surface area is 152 Å². The van der Waals surface area contributed by atoms with Gasteiger partial charge in [-0.3, -0.25) is 4.68 Å². The lowest BCUT2D eigenvalue weighted by molar-refractivity contribution is 0.629. The molecule has 1 atom stereocenters. The van der Waals surface area contributed by atoms with Crippen molar-refractivity contribution < 1.29 is 0 Å². The predicted octanol–water partition coefficient (Wildman–Crippen LogP) is 3.98. The molecule has 5 heteroatoms. The standard InChI is InChI=1S/C21H21N5/c1-13-4-5-14(2)16(10-13)19-8-9-20-23-18-7-6-17(24-21(18)26(19)20)15-11-22-25(3)12-15/h4-7,10-12,19H,8-9H2,1-3H3/t19-/m1/s1. The number of aromatic nitrogens is 5. The van der Waals surface area contributed by atoms with Crippen LogP contribution in [0.2, 0.25) is 0 Å². The maximum atomic E-state index is 4.97. The Kier molecular flexibility index (Phi) is 3.26. The van der Waals surface area contributed by atoms with E-state index in [-0.39, 0.29) is 0 Å². The fourth-order valence-electron chi connectivity index (χ4n) is 4.05. The summed E-state index contributed by atoms with van der Waals surface area (Å²) in [5.41, 5.74) is 7.95. The average Bonchev–Trinajstić information content (AvgIpc) is 3.31. The van der Waals surface area contributed by atoms with Gasteiger partial charge in [0.15, 0.2) is 5.65 Å². The lowest BCUT2D eigenvalue weighted by atomic mass is 9.97. The van der Waals surface area contributed by atoms with Crippen LogP contribution in [-0.2, 0) is 13.5 Å². The molecule has 5 nitrogen and oxygen atoms in total. The summed E-state index contributed by atoms with van der Waals surface area (Å²) in [6, 6.07) is 11.1. The van der Waals surface area contributed by atoms with E-state index < -0.39 is 0 Å². The second-order valence-electron chi connectivity index (χ2n) is 7.25. The summed E-state index contributed by atoms with van der Waals surface area (Å²) in [6.07, 6.45) is 5.94. The number of imidazole rings is 1. The van der Waals surface area contributed by atoms with Crippen LogP contribution in [0.25, 0.3) is 22.4 Å². The molecule has 0 aliphatic carbocycles. The quantitative estimate of drug-likeness (QED) is 0.553. The third kappa shape index (κ3) is 2.27. The monoisotopic (exact) mass is 343 g/mol. The van der Waals surface area contributed by atoms with E-state index in [4.69, 9.17) is 9.97 Å². The van der Waals surface area contributed by atoms with E-state index in [1.165, 1.54) is 16.7 Å². The Hall–Kier alpha value is -2.95. The maximum Gasteiger partial charge on any atom is 0.161 e. The largest absolute Gasteiger partial charge is 0.305 e. The summed E-state index contributed by atoms with van der Waals surface area (Å²) < 4.78 is 4.15. The highest BCUT2D eigenvalue weighted by Gasteiger charge is 2.29. The molecule has 0 fully saturated rings. The summed E-state index contributed by atoms with van der Waals surface area (Å²) in [5, 5.41) is 4.27. The van der Waals surface area contributed by atoms with Gasteiger partial charge in [-0.2, -0.15) is 5.10 Å². The topological polar surface area (TPSA) is 48.5 Å². The zero-order valence-electron chi connectivity index (χ0n) is 15.3. The van der Waals surface area contributed by atoms with Crippen LogP contribution in [-0.4, -0.2) is 24.3 Å². The van der Waals surface area contributed by atoms with E-state index in [2.05, 4.69) is 47.8 Å². The summed E-state index contributed by atoms with van der Waals surface area (Å²) in [5.74, 6) is 1.14. The minimum Gasteiger partial charge on any atom is -0.305 e. The van der Waals surface area contributed by atoms with Crippen LogP contribution < -0.4 is 0 Å². The van der Waals surface area contributed by atoms with E-state index >= 15 is 0 Å². The van der Waals surface area contributed by atoms with E-state index in [1.807, 2.05) is 25.5 Å². The van der Waals surface area contributed by atoms with E-state index in [0.717, 1.165) is 41.1 Å². The van der Waals surface area contributed by atoms with Gasteiger partial charge in [0, 0.05) is 25.2 Å². The van der Waals surface area contributed by atoms with Crippen LogP contribution in [0.5, 0.6) is 0 Å². The fourth-order valence-corrected chi connectivity index (χ4v) is 4.05. The van der Waals surface area contributed by atoms with E-state index in [1.54, 1.807) is 4.68 Å². The minimum atomic E-state index is 0.312. The molecule has 1 aromatic carbocycles. The lowest BCUT2D eigenvalue weighted by Crippen LogP contribution is -2.08. The first-order valence-electron chi connectivity index (χ1n) is 9.04. The molecule has 0 N–H and O–H groups in total. The first kappa shape index (κ1) is 15.3. The van der Waals surface area contributed by atoms with Crippen molar-refractivity contribution in [3.8, 4) is 11.3 Å². The highest BCUT2D eigenvalue weighted by Crippen LogP contribution is 2.37. The van der Waals surface area contributed by atoms with Crippen molar-refractivity contribution in [2.75, 3.05) is 0 Å². The molecule has 5 rings (SSSR count). The molecule has 0 amide bonds. The molecule has 4 heterocycles. The number of hydrogen-bond donors (Lipinski definition) is 0. The fraction of sp³-hybridized carbons (Fsp3) is 0.286. The number of hydrogen-bond acceptors (Lipinski definition) is 3. The van der Waals surface area contributed by atoms with Gasteiger partial charge in [-0.05, 0) is 43.5 Å². The zero-order chi connectivity index (χ0) is 17.8. The molecule has 130 valence electrons.